The molecule has 2 rings (SSSR count). The first-order chi connectivity index (χ1) is 9.90. The summed E-state index contributed by atoms with van der Waals surface area (Å²) in [5.41, 5.74) is 6.93. The number of nitrogens with one attached hydrogen (secondary N) is 2. The Kier molecular flexibility index (Phi) is 6.84. The van der Waals surface area contributed by atoms with E-state index in [1.807, 2.05) is 25.1 Å². The van der Waals surface area contributed by atoms with Gasteiger partial charge in [0.15, 0.2) is 0 Å². The normalized spacial score (nSPS) is 15.8. The minimum atomic E-state index is -0.798. The van der Waals surface area contributed by atoms with Crippen molar-refractivity contribution in [3.63, 3.8) is 0 Å². The fourth-order valence-corrected chi connectivity index (χ4v) is 3.01. The van der Waals surface area contributed by atoms with Gasteiger partial charge in [-0.15, -0.1) is 12.4 Å². The first kappa shape index (κ1) is 18.9. The molecule has 2 amide bonds. The van der Waals surface area contributed by atoms with Crippen LogP contribution in [-0.2, 0) is 9.59 Å². The molecule has 0 unspecified atom stereocenters. The Morgan fingerprint density at radius 2 is 1.95 bits per heavy atom. The molecule has 0 bridgehead atoms. The highest BCUT2D eigenvalue weighted by atomic mass is 79.9. The van der Waals surface area contributed by atoms with Crippen molar-refractivity contribution >= 4 is 45.8 Å². The second kappa shape index (κ2) is 7.94. The maximum Gasteiger partial charge on any atom is 0.243 e. The number of rotatable bonds is 4. The van der Waals surface area contributed by atoms with Crippen molar-refractivity contribution < 1.29 is 9.59 Å². The van der Waals surface area contributed by atoms with Gasteiger partial charge in [-0.1, -0.05) is 28.8 Å². The zero-order valence-corrected chi connectivity index (χ0v) is 14.9. The topological polar surface area (TPSA) is 84.2 Å². The highest BCUT2D eigenvalue weighted by Crippen LogP contribution is 2.27. The van der Waals surface area contributed by atoms with Crippen LogP contribution in [0.4, 0.5) is 5.69 Å². The van der Waals surface area contributed by atoms with Crippen molar-refractivity contribution in [2.75, 3.05) is 11.9 Å². The van der Waals surface area contributed by atoms with Crippen molar-refractivity contribution in [2.24, 2.45) is 5.73 Å². The van der Waals surface area contributed by atoms with Crippen molar-refractivity contribution in [3.05, 3.63) is 28.2 Å². The molecule has 0 saturated heterocycles. The van der Waals surface area contributed by atoms with Gasteiger partial charge in [0.2, 0.25) is 11.8 Å². The molecule has 0 aliphatic heterocycles. The number of carbonyl (C=O) groups is 2. The number of aryl methyl sites for hydroxylation is 1. The maximum absolute atomic E-state index is 12.0. The van der Waals surface area contributed by atoms with Gasteiger partial charge in [-0.25, -0.2) is 0 Å². The summed E-state index contributed by atoms with van der Waals surface area (Å²) in [6.07, 6.45) is 3.31. The molecule has 7 heteroatoms. The minimum Gasteiger partial charge on any atom is -0.345 e. The fourth-order valence-electron chi connectivity index (χ4n) is 2.53. The second-order valence-electron chi connectivity index (χ2n) is 5.55. The average Bonchev–Trinajstić information content (AvgIpc) is 2.87. The lowest BCUT2D eigenvalue weighted by atomic mass is 9.98. The van der Waals surface area contributed by atoms with Gasteiger partial charge in [-0.3, -0.25) is 9.59 Å². The number of anilines is 1. The van der Waals surface area contributed by atoms with Crippen molar-refractivity contribution in [2.45, 2.75) is 38.1 Å². The van der Waals surface area contributed by atoms with Crippen LogP contribution in [0.5, 0.6) is 0 Å². The van der Waals surface area contributed by atoms with E-state index in [4.69, 9.17) is 5.73 Å². The first-order valence-corrected chi connectivity index (χ1v) is 7.83. The van der Waals surface area contributed by atoms with Gasteiger partial charge >= 0.3 is 0 Å². The smallest absolute Gasteiger partial charge is 0.243 e. The summed E-state index contributed by atoms with van der Waals surface area (Å²) in [5.74, 6) is -0.488. The van der Waals surface area contributed by atoms with E-state index in [-0.39, 0.29) is 30.8 Å². The Labute approximate surface area is 144 Å². The molecule has 1 saturated carbocycles. The van der Waals surface area contributed by atoms with Crippen molar-refractivity contribution in [1.82, 2.24) is 5.32 Å². The van der Waals surface area contributed by atoms with Crippen LogP contribution in [0.3, 0.4) is 0 Å². The summed E-state index contributed by atoms with van der Waals surface area (Å²) < 4.78 is 0.956. The fraction of sp³-hybridized carbons (Fsp3) is 0.467. The number of hydrogen-bond donors (Lipinski definition) is 3. The lowest BCUT2D eigenvalue weighted by Gasteiger charge is -2.22. The standard InChI is InChI=1S/C15H20BrN3O2.ClH/c1-10-8-11(16)4-5-12(10)19-13(20)9-18-14(21)15(17)6-2-3-7-15;/h4-5,8H,2-3,6-7,9,17H2,1H3,(H,18,21)(H,19,20);1H. The summed E-state index contributed by atoms with van der Waals surface area (Å²) in [4.78, 5) is 23.9. The van der Waals surface area contributed by atoms with Gasteiger partial charge in [-0.2, -0.15) is 0 Å². The molecular weight excluding hydrogens is 370 g/mol. The van der Waals surface area contributed by atoms with Gasteiger partial charge in [-0.05, 0) is 43.5 Å². The third-order valence-corrected chi connectivity index (χ3v) is 4.31. The predicted octanol–water partition coefficient (Wildman–Crippen LogP) is 2.51. The Morgan fingerprint density at radius 3 is 2.55 bits per heavy atom. The molecule has 0 spiro atoms. The van der Waals surface area contributed by atoms with E-state index in [0.717, 1.165) is 28.6 Å². The molecule has 122 valence electrons. The van der Waals surface area contributed by atoms with Crippen LogP contribution in [0.2, 0.25) is 0 Å². The second-order valence-corrected chi connectivity index (χ2v) is 6.47. The van der Waals surface area contributed by atoms with E-state index < -0.39 is 5.54 Å². The van der Waals surface area contributed by atoms with Gasteiger partial charge in [0, 0.05) is 10.2 Å². The zero-order valence-electron chi connectivity index (χ0n) is 12.4. The number of nitrogens with two attached hydrogens (primary N) is 1. The third-order valence-electron chi connectivity index (χ3n) is 3.82. The van der Waals surface area contributed by atoms with E-state index in [9.17, 15) is 9.59 Å². The average molecular weight is 391 g/mol. The Hall–Kier alpha value is -1.11. The van der Waals surface area contributed by atoms with Crippen molar-refractivity contribution in [1.29, 1.82) is 0 Å². The van der Waals surface area contributed by atoms with E-state index in [1.165, 1.54) is 0 Å². The molecule has 5 nitrogen and oxygen atoms in total. The van der Waals surface area contributed by atoms with Crippen LogP contribution >= 0.6 is 28.3 Å². The summed E-state index contributed by atoms with van der Waals surface area (Å²) in [7, 11) is 0. The van der Waals surface area contributed by atoms with Crippen LogP contribution in [0.1, 0.15) is 31.2 Å². The summed E-state index contributed by atoms with van der Waals surface area (Å²) in [6.45, 7) is 1.85. The van der Waals surface area contributed by atoms with Gasteiger partial charge in [0.1, 0.15) is 0 Å². The molecule has 1 aliphatic carbocycles. The highest BCUT2D eigenvalue weighted by molar-refractivity contribution is 9.10. The van der Waals surface area contributed by atoms with Gasteiger partial charge < -0.3 is 16.4 Å². The SMILES string of the molecule is Cc1cc(Br)ccc1NC(=O)CNC(=O)C1(N)CCCC1.Cl. The van der Waals surface area contributed by atoms with Crippen molar-refractivity contribution in [3.8, 4) is 0 Å². The molecule has 4 N–H and O–H groups in total. The van der Waals surface area contributed by atoms with Gasteiger partial charge in [0.05, 0.1) is 12.1 Å². The van der Waals surface area contributed by atoms with Crippen LogP contribution in [-0.4, -0.2) is 23.9 Å². The van der Waals surface area contributed by atoms with E-state index in [0.29, 0.717) is 12.8 Å². The number of hydrogen-bond acceptors (Lipinski definition) is 3. The van der Waals surface area contributed by atoms with Gasteiger partial charge in [0.25, 0.3) is 0 Å². The molecule has 1 aromatic rings. The van der Waals surface area contributed by atoms with Crippen LogP contribution in [0.15, 0.2) is 22.7 Å². The Morgan fingerprint density at radius 1 is 1.32 bits per heavy atom. The van der Waals surface area contributed by atoms with E-state index >= 15 is 0 Å². The first-order valence-electron chi connectivity index (χ1n) is 7.04. The molecule has 1 aliphatic rings. The highest BCUT2D eigenvalue weighted by Gasteiger charge is 2.36. The summed E-state index contributed by atoms with van der Waals surface area (Å²) in [5, 5.41) is 5.41. The number of carbonyl (C=O) groups excluding carboxylic acids is 2. The Balaban J connectivity index is 0.00000242. The maximum atomic E-state index is 12.0. The minimum absolute atomic E-state index is 0. The molecule has 0 atom stereocenters. The summed E-state index contributed by atoms with van der Waals surface area (Å²) >= 11 is 3.37. The number of benzene rings is 1. The quantitative estimate of drug-likeness (QED) is 0.738. The molecule has 1 fully saturated rings. The van der Waals surface area contributed by atoms with Crippen LogP contribution < -0.4 is 16.4 Å². The van der Waals surface area contributed by atoms with E-state index in [1.54, 1.807) is 0 Å². The molecule has 0 aromatic heterocycles. The van der Waals surface area contributed by atoms with Crippen LogP contribution in [0, 0.1) is 6.92 Å². The number of halogens is 2. The lowest BCUT2D eigenvalue weighted by molar-refractivity contribution is -0.128. The predicted molar refractivity (Wildman–Crippen MR) is 93.2 cm³/mol. The third kappa shape index (κ3) is 4.69. The molecule has 1 aromatic carbocycles. The number of amides is 2. The van der Waals surface area contributed by atoms with Crippen LogP contribution in [0.25, 0.3) is 0 Å². The monoisotopic (exact) mass is 389 g/mol. The Bertz CT molecular complexity index is 560. The molecule has 0 radical (unpaired) electrons. The molecular formula is C15H21BrClN3O2. The lowest BCUT2D eigenvalue weighted by Crippen LogP contribution is -2.53. The largest absolute Gasteiger partial charge is 0.345 e. The summed E-state index contributed by atoms with van der Waals surface area (Å²) in [6, 6.07) is 5.59. The molecule has 0 heterocycles. The zero-order chi connectivity index (χ0) is 15.5. The molecule has 22 heavy (non-hydrogen) atoms. The van der Waals surface area contributed by atoms with E-state index in [2.05, 4.69) is 26.6 Å².